The van der Waals surface area contributed by atoms with Crippen molar-refractivity contribution in [2.24, 2.45) is 0 Å². The molecule has 1 atom stereocenters. The van der Waals surface area contributed by atoms with Gasteiger partial charge in [0.1, 0.15) is 5.41 Å². The topological polar surface area (TPSA) is 55.4 Å². The van der Waals surface area contributed by atoms with E-state index in [9.17, 15) is 9.59 Å². The van der Waals surface area contributed by atoms with Crippen LogP contribution in [0.5, 0.6) is 0 Å². The first-order valence-electron chi connectivity index (χ1n) is 6.18. The quantitative estimate of drug-likeness (QED) is 0.821. The minimum absolute atomic E-state index is 0.00847. The summed E-state index contributed by atoms with van der Waals surface area (Å²) < 4.78 is 5.18. The first-order chi connectivity index (χ1) is 8.69. The van der Waals surface area contributed by atoms with Gasteiger partial charge in [0.05, 0.1) is 6.61 Å². The molecule has 1 aromatic carbocycles. The lowest BCUT2D eigenvalue weighted by Gasteiger charge is -2.35. The molecule has 96 valence electrons. The Kier molecular flexibility index (Phi) is 3.65. The van der Waals surface area contributed by atoms with Crippen LogP contribution in [0.15, 0.2) is 30.3 Å². The molecular weight excluding hydrogens is 230 g/mol. The zero-order chi connectivity index (χ0) is 13.0. The average Bonchev–Trinajstić information content (AvgIpc) is 2.41. The molecule has 0 spiro atoms. The van der Waals surface area contributed by atoms with E-state index in [2.05, 4.69) is 5.32 Å². The Labute approximate surface area is 106 Å². The van der Waals surface area contributed by atoms with Gasteiger partial charge >= 0.3 is 5.97 Å². The van der Waals surface area contributed by atoms with Crippen molar-refractivity contribution in [2.45, 2.75) is 25.2 Å². The molecule has 0 unspecified atom stereocenters. The van der Waals surface area contributed by atoms with Crippen molar-refractivity contribution in [3.05, 3.63) is 35.9 Å². The second-order valence-corrected chi connectivity index (χ2v) is 4.45. The molecule has 0 saturated carbocycles. The number of carbonyl (C=O) groups is 2. The molecular formula is C14H17NO3. The smallest absolute Gasteiger partial charge is 0.318 e. The van der Waals surface area contributed by atoms with Crippen molar-refractivity contribution in [3.8, 4) is 0 Å². The van der Waals surface area contributed by atoms with Crippen LogP contribution in [0, 0.1) is 0 Å². The molecule has 18 heavy (non-hydrogen) atoms. The van der Waals surface area contributed by atoms with E-state index in [0.29, 0.717) is 26.0 Å². The van der Waals surface area contributed by atoms with Crippen LogP contribution in [-0.4, -0.2) is 25.0 Å². The van der Waals surface area contributed by atoms with Gasteiger partial charge in [0.2, 0.25) is 5.91 Å². The van der Waals surface area contributed by atoms with Crippen LogP contribution in [0.4, 0.5) is 0 Å². The second kappa shape index (κ2) is 5.21. The third kappa shape index (κ3) is 2.23. The van der Waals surface area contributed by atoms with Crippen LogP contribution in [0.25, 0.3) is 0 Å². The molecule has 1 aromatic rings. The predicted octanol–water partition coefficient (Wildman–Crippen LogP) is 1.40. The summed E-state index contributed by atoms with van der Waals surface area (Å²) in [7, 11) is 0. The number of piperidine rings is 1. The van der Waals surface area contributed by atoms with E-state index in [0.717, 1.165) is 5.56 Å². The minimum atomic E-state index is -0.731. The van der Waals surface area contributed by atoms with E-state index in [1.165, 1.54) is 0 Å². The maximum Gasteiger partial charge on any atom is 0.318 e. The highest BCUT2D eigenvalue weighted by Crippen LogP contribution is 2.32. The zero-order valence-corrected chi connectivity index (χ0v) is 10.4. The summed E-state index contributed by atoms with van der Waals surface area (Å²) in [4.78, 5) is 23.6. The predicted molar refractivity (Wildman–Crippen MR) is 67.0 cm³/mol. The maximum absolute atomic E-state index is 12.3. The Bertz CT molecular complexity index is 432. The Morgan fingerprint density at radius 2 is 2.11 bits per heavy atom. The first kappa shape index (κ1) is 12.6. The Morgan fingerprint density at radius 3 is 2.67 bits per heavy atom. The SMILES string of the molecule is CCOC(=O)[C@]1(c2ccccc2)CCC(=O)NC1. The highest BCUT2D eigenvalue weighted by molar-refractivity contribution is 5.88. The fourth-order valence-corrected chi connectivity index (χ4v) is 2.32. The van der Waals surface area contributed by atoms with E-state index in [-0.39, 0.29) is 11.9 Å². The molecule has 1 aliphatic rings. The summed E-state index contributed by atoms with van der Waals surface area (Å²) in [6.07, 6.45) is 0.857. The molecule has 0 aliphatic carbocycles. The van der Waals surface area contributed by atoms with E-state index >= 15 is 0 Å². The fourth-order valence-electron chi connectivity index (χ4n) is 2.32. The number of benzene rings is 1. The van der Waals surface area contributed by atoms with Gasteiger partial charge in [-0.2, -0.15) is 0 Å². The molecule has 1 N–H and O–H groups in total. The monoisotopic (exact) mass is 247 g/mol. The van der Waals surface area contributed by atoms with E-state index in [1.807, 2.05) is 30.3 Å². The number of esters is 1. The van der Waals surface area contributed by atoms with Gasteiger partial charge in [-0.15, -0.1) is 0 Å². The number of nitrogens with one attached hydrogen (secondary N) is 1. The summed E-state index contributed by atoms with van der Waals surface area (Å²) in [5.41, 5.74) is 0.175. The lowest BCUT2D eigenvalue weighted by molar-refractivity contribution is -0.151. The molecule has 0 bridgehead atoms. The average molecular weight is 247 g/mol. The van der Waals surface area contributed by atoms with Crippen molar-refractivity contribution >= 4 is 11.9 Å². The fraction of sp³-hybridized carbons (Fsp3) is 0.429. The van der Waals surface area contributed by atoms with Gasteiger partial charge in [-0.05, 0) is 18.9 Å². The van der Waals surface area contributed by atoms with Gasteiger partial charge in [-0.3, -0.25) is 9.59 Å². The van der Waals surface area contributed by atoms with Crippen molar-refractivity contribution in [3.63, 3.8) is 0 Å². The third-order valence-electron chi connectivity index (χ3n) is 3.36. The van der Waals surface area contributed by atoms with Crippen LogP contribution >= 0.6 is 0 Å². The van der Waals surface area contributed by atoms with E-state index in [1.54, 1.807) is 6.92 Å². The van der Waals surface area contributed by atoms with Crippen molar-refractivity contribution < 1.29 is 14.3 Å². The summed E-state index contributed by atoms with van der Waals surface area (Å²) >= 11 is 0. The van der Waals surface area contributed by atoms with Gasteiger partial charge in [0.25, 0.3) is 0 Å². The molecule has 4 nitrogen and oxygen atoms in total. The molecule has 1 saturated heterocycles. The largest absolute Gasteiger partial charge is 0.465 e. The summed E-state index contributed by atoms with van der Waals surface area (Å²) in [5, 5.41) is 2.77. The van der Waals surface area contributed by atoms with Crippen molar-refractivity contribution in [1.29, 1.82) is 0 Å². The molecule has 1 amide bonds. The Balaban J connectivity index is 2.34. The molecule has 0 radical (unpaired) electrons. The lowest BCUT2D eigenvalue weighted by atomic mass is 9.74. The number of rotatable bonds is 3. The normalized spacial score (nSPS) is 23.3. The van der Waals surface area contributed by atoms with Gasteiger partial charge < -0.3 is 10.1 Å². The Hall–Kier alpha value is -1.84. The number of hydrogen-bond donors (Lipinski definition) is 1. The number of carbonyl (C=O) groups excluding carboxylic acids is 2. The van der Waals surface area contributed by atoms with Gasteiger partial charge in [-0.25, -0.2) is 0 Å². The number of ether oxygens (including phenoxy) is 1. The second-order valence-electron chi connectivity index (χ2n) is 4.45. The number of amides is 1. The minimum Gasteiger partial charge on any atom is -0.465 e. The van der Waals surface area contributed by atoms with Gasteiger partial charge in [0, 0.05) is 13.0 Å². The summed E-state index contributed by atoms with van der Waals surface area (Å²) in [5.74, 6) is -0.262. The Morgan fingerprint density at radius 1 is 1.39 bits per heavy atom. The van der Waals surface area contributed by atoms with Gasteiger partial charge in [0.15, 0.2) is 0 Å². The molecule has 1 fully saturated rings. The standard InChI is InChI=1S/C14H17NO3/c1-2-18-13(17)14(9-8-12(16)15-10-14)11-6-4-3-5-7-11/h3-7H,2,8-10H2,1H3,(H,15,16)/t14-/m1/s1. The summed E-state index contributed by atoms with van der Waals surface area (Å²) in [6, 6.07) is 9.52. The van der Waals surface area contributed by atoms with Gasteiger partial charge in [-0.1, -0.05) is 30.3 Å². The first-order valence-corrected chi connectivity index (χ1v) is 6.18. The highest BCUT2D eigenvalue weighted by atomic mass is 16.5. The summed E-state index contributed by atoms with van der Waals surface area (Å²) in [6.45, 7) is 2.45. The molecule has 0 aromatic heterocycles. The van der Waals surface area contributed by atoms with Crippen LogP contribution in [0.1, 0.15) is 25.3 Å². The number of hydrogen-bond acceptors (Lipinski definition) is 3. The molecule has 4 heteroatoms. The zero-order valence-electron chi connectivity index (χ0n) is 10.4. The molecule has 1 aliphatic heterocycles. The highest BCUT2D eigenvalue weighted by Gasteiger charge is 2.44. The van der Waals surface area contributed by atoms with Crippen molar-refractivity contribution in [1.82, 2.24) is 5.32 Å². The molecule has 1 heterocycles. The van der Waals surface area contributed by atoms with E-state index < -0.39 is 5.41 Å². The maximum atomic E-state index is 12.3. The van der Waals surface area contributed by atoms with Crippen LogP contribution in [0.3, 0.4) is 0 Å². The van der Waals surface area contributed by atoms with Crippen molar-refractivity contribution in [2.75, 3.05) is 13.2 Å². The van der Waals surface area contributed by atoms with E-state index in [4.69, 9.17) is 4.74 Å². The van der Waals surface area contributed by atoms with Crippen LogP contribution in [-0.2, 0) is 19.7 Å². The lowest BCUT2D eigenvalue weighted by Crippen LogP contribution is -2.51. The van der Waals surface area contributed by atoms with Crippen LogP contribution in [0.2, 0.25) is 0 Å². The van der Waals surface area contributed by atoms with Crippen LogP contribution < -0.4 is 5.32 Å². The molecule has 2 rings (SSSR count). The third-order valence-corrected chi connectivity index (χ3v) is 3.36.